The summed E-state index contributed by atoms with van der Waals surface area (Å²) >= 11 is 0. The van der Waals surface area contributed by atoms with Crippen LogP contribution in [0.4, 0.5) is 10.5 Å². The van der Waals surface area contributed by atoms with Crippen LogP contribution in [0.3, 0.4) is 0 Å². The van der Waals surface area contributed by atoms with Gasteiger partial charge >= 0.3 is 16.1 Å². The number of nitrogens with zero attached hydrogens (tertiary/aromatic N) is 1. The number of barbiturate groups is 1. The Bertz CT molecular complexity index is 1700. The van der Waals surface area contributed by atoms with Gasteiger partial charge in [-0.05, 0) is 54.1 Å². The van der Waals surface area contributed by atoms with Gasteiger partial charge in [0.05, 0.1) is 5.69 Å². The second-order valence-electron chi connectivity index (χ2n) is 8.61. The molecule has 40 heavy (non-hydrogen) atoms. The lowest BCUT2D eigenvalue weighted by Crippen LogP contribution is -2.54. The van der Waals surface area contributed by atoms with E-state index in [-0.39, 0.29) is 27.5 Å². The number of amides is 4. The average molecular weight is 555 g/mol. The Balaban J connectivity index is 1.39. The van der Waals surface area contributed by atoms with Crippen molar-refractivity contribution < 1.29 is 31.7 Å². The molecular formula is C30H22N2O7S. The number of benzene rings is 4. The monoisotopic (exact) mass is 554 g/mol. The van der Waals surface area contributed by atoms with E-state index in [1.165, 1.54) is 42.5 Å². The Hall–Kier alpha value is -5.22. The van der Waals surface area contributed by atoms with E-state index in [9.17, 15) is 22.8 Å². The first kappa shape index (κ1) is 26.4. The summed E-state index contributed by atoms with van der Waals surface area (Å²) in [5, 5.41) is 2.15. The van der Waals surface area contributed by atoms with E-state index in [1.54, 1.807) is 42.5 Å². The molecule has 0 atom stereocenters. The quantitative estimate of drug-likeness (QED) is 0.191. The lowest BCUT2D eigenvalue weighted by Gasteiger charge is -2.26. The zero-order chi connectivity index (χ0) is 28.1. The van der Waals surface area contributed by atoms with Crippen LogP contribution < -0.4 is 19.1 Å². The van der Waals surface area contributed by atoms with Crippen LogP contribution in [0.15, 0.2) is 120 Å². The highest BCUT2D eigenvalue weighted by atomic mass is 32.2. The van der Waals surface area contributed by atoms with Crippen LogP contribution in [0, 0.1) is 0 Å². The summed E-state index contributed by atoms with van der Waals surface area (Å²) in [7, 11) is -4.18. The topological polar surface area (TPSA) is 119 Å². The molecule has 0 aromatic heterocycles. The summed E-state index contributed by atoms with van der Waals surface area (Å²) in [6.07, 6.45) is 1.18. The maximum atomic E-state index is 13.4. The summed E-state index contributed by atoms with van der Waals surface area (Å²) in [5.74, 6) is -1.37. The first-order valence-corrected chi connectivity index (χ1v) is 13.5. The maximum absolute atomic E-state index is 13.4. The van der Waals surface area contributed by atoms with Gasteiger partial charge in [-0.25, -0.2) is 9.69 Å². The number of rotatable bonds is 8. The molecule has 1 heterocycles. The Morgan fingerprint density at radius 1 is 0.750 bits per heavy atom. The number of para-hydroxylation sites is 1. The highest BCUT2D eigenvalue weighted by molar-refractivity contribution is 7.87. The third kappa shape index (κ3) is 5.77. The highest BCUT2D eigenvalue weighted by Gasteiger charge is 2.37. The molecule has 0 bridgehead atoms. The Morgan fingerprint density at radius 2 is 1.38 bits per heavy atom. The second kappa shape index (κ2) is 11.3. The zero-order valence-corrected chi connectivity index (χ0v) is 21.7. The van der Waals surface area contributed by atoms with Crippen LogP contribution in [0.5, 0.6) is 11.5 Å². The van der Waals surface area contributed by atoms with Gasteiger partial charge in [-0.3, -0.25) is 14.9 Å². The minimum Gasteiger partial charge on any atom is -0.489 e. The van der Waals surface area contributed by atoms with E-state index in [0.29, 0.717) is 12.4 Å². The Kier molecular flexibility index (Phi) is 7.43. The van der Waals surface area contributed by atoms with Crippen molar-refractivity contribution in [2.75, 3.05) is 4.90 Å². The first-order valence-electron chi connectivity index (χ1n) is 12.1. The minimum absolute atomic E-state index is 0.0584. The predicted octanol–water partition coefficient (Wildman–Crippen LogP) is 4.70. The van der Waals surface area contributed by atoms with Crippen molar-refractivity contribution in [2.45, 2.75) is 11.5 Å². The van der Waals surface area contributed by atoms with Crippen LogP contribution in [-0.4, -0.2) is 26.3 Å². The van der Waals surface area contributed by atoms with Crippen molar-refractivity contribution in [1.82, 2.24) is 5.32 Å². The maximum Gasteiger partial charge on any atom is 0.339 e. The average Bonchev–Trinajstić information content (AvgIpc) is 2.96. The molecule has 0 radical (unpaired) electrons. The van der Waals surface area contributed by atoms with Crippen molar-refractivity contribution >= 4 is 39.7 Å². The molecule has 10 heteroatoms. The summed E-state index contributed by atoms with van der Waals surface area (Å²) in [4.78, 5) is 39.4. The van der Waals surface area contributed by atoms with Gasteiger partial charge in [0.15, 0.2) is 0 Å². The molecule has 5 rings (SSSR count). The van der Waals surface area contributed by atoms with E-state index in [0.717, 1.165) is 10.5 Å². The van der Waals surface area contributed by atoms with Gasteiger partial charge in [0, 0.05) is 5.56 Å². The van der Waals surface area contributed by atoms with Gasteiger partial charge in [-0.1, -0.05) is 66.7 Å². The van der Waals surface area contributed by atoms with Gasteiger partial charge in [0.2, 0.25) is 0 Å². The lowest BCUT2D eigenvalue weighted by molar-refractivity contribution is -0.122. The Labute approximate surface area is 230 Å². The largest absolute Gasteiger partial charge is 0.489 e. The van der Waals surface area contributed by atoms with E-state index in [1.807, 2.05) is 30.3 Å². The molecule has 0 spiro atoms. The fourth-order valence-corrected chi connectivity index (χ4v) is 4.88. The van der Waals surface area contributed by atoms with Crippen molar-refractivity contribution in [2.24, 2.45) is 0 Å². The third-order valence-electron chi connectivity index (χ3n) is 5.90. The van der Waals surface area contributed by atoms with Gasteiger partial charge < -0.3 is 8.92 Å². The molecule has 1 N–H and O–H groups in total. The summed E-state index contributed by atoms with van der Waals surface area (Å²) in [5.41, 5.74) is 0.965. The lowest BCUT2D eigenvalue weighted by atomic mass is 10.1. The van der Waals surface area contributed by atoms with Crippen LogP contribution in [0.25, 0.3) is 6.08 Å². The minimum atomic E-state index is -4.18. The Morgan fingerprint density at radius 3 is 2.08 bits per heavy atom. The molecule has 1 saturated heterocycles. The van der Waals surface area contributed by atoms with Gasteiger partial charge in [0.1, 0.15) is 28.6 Å². The fraction of sp³-hybridized carbons (Fsp3) is 0.0333. The highest BCUT2D eigenvalue weighted by Crippen LogP contribution is 2.28. The number of carbonyl (C=O) groups excluding carboxylic acids is 3. The fourth-order valence-electron chi connectivity index (χ4n) is 3.91. The number of carbonyl (C=O) groups is 3. The third-order valence-corrected chi connectivity index (χ3v) is 7.14. The van der Waals surface area contributed by atoms with Crippen molar-refractivity contribution in [1.29, 1.82) is 0 Å². The van der Waals surface area contributed by atoms with Gasteiger partial charge in [0.25, 0.3) is 11.8 Å². The molecule has 0 unspecified atom stereocenters. The number of imide groups is 2. The smallest absolute Gasteiger partial charge is 0.339 e. The van der Waals surface area contributed by atoms with E-state index in [4.69, 9.17) is 8.92 Å². The molecule has 0 saturated carbocycles. The standard InChI is InChI=1S/C30H22N2O7S/c33-28-26(19-22-11-7-8-14-27(22)39-40(36,37)25-12-5-2-6-13-25)29(34)32(30(35)31-28)23-15-17-24(18-16-23)38-20-21-9-3-1-4-10-21/h1-19H,20H2,(H,31,33,35)/b26-19+. The molecule has 1 aliphatic heterocycles. The van der Waals surface area contributed by atoms with E-state index < -0.39 is 28.0 Å². The molecule has 1 aliphatic rings. The summed E-state index contributed by atoms with van der Waals surface area (Å²) < 4.78 is 36.6. The van der Waals surface area contributed by atoms with E-state index in [2.05, 4.69) is 5.32 Å². The van der Waals surface area contributed by atoms with Crippen LogP contribution >= 0.6 is 0 Å². The van der Waals surface area contributed by atoms with Gasteiger partial charge in [-0.15, -0.1) is 0 Å². The van der Waals surface area contributed by atoms with Crippen molar-refractivity contribution in [3.05, 3.63) is 126 Å². The molecular weight excluding hydrogens is 532 g/mol. The van der Waals surface area contributed by atoms with Gasteiger partial charge in [-0.2, -0.15) is 8.42 Å². The molecule has 4 aromatic carbocycles. The number of ether oxygens (including phenoxy) is 1. The first-order chi connectivity index (χ1) is 19.3. The second-order valence-corrected chi connectivity index (χ2v) is 10.2. The van der Waals surface area contributed by atoms with Crippen molar-refractivity contribution in [3.63, 3.8) is 0 Å². The van der Waals surface area contributed by atoms with Crippen LogP contribution in [0.1, 0.15) is 11.1 Å². The molecule has 200 valence electrons. The zero-order valence-electron chi connectivity index (χ0n) is 20.9. The van der Waals surface area contributed by atoms with E-state index >= 15 is 0 Å². The predicted molar refractivity (Wildman–Crippen MR) is 147 cm³/mol. The molecule has 1 fully saturated rings. The molecule has 4 amide bonds. The normalized spacial score (nSPS) is 14.7. The molecule has 4 aromatic rings. The van der Waals surface area contributed by atoms with Crippen LogP contribution in [0.2, 0.25) is 0 Å². The summed E-state index contributed by atoms with van der Waals surface area (Å²) in [6, 6.07) is 28.5. The number of urea groups is 1. The number of hydrogen-bond donors (Lipinski definition) is 1. The number of nitrogens with one attached hydrogen (secondary N) is 1. The number of hydrogen-bond acceptors (Lipinski definition) is 7. The van der Waals surface area contributed by atoms with Crippen molar-refractivity contribution in [3.8, 4) is 11.5 Å². The SMILES string of the molecule is O=C1NC(=O)N(c2ccc(OCc3ccccc3)cc2)C(=O)/C1=C/c1ccccc1OS(=O)(=O)c1ccccc1. The molecule has 0 aliphatic carbocycles. The van der Waals surface area contributed by atoms with Crippen LogP contribution in [-0.2, 0) is 26.3 Å². The number of anilines is 1. The molecule has 9 nitrogen and oxygen atoms in total. The summed E-state index contributed by atoms with van der Waals surface area (Å²) in [6.45, 7) is 0.339.